The molecule has 0 amide bonds. The van der Waals surface area contributed by atoms with Crippen LogP contribution in [0.2, 0.25) is 0 Å². The molecule has 84 valence electrons. The molecule has 0 spiro atoms. The Balaban J connectivity index is 2.42. The summed E-state index contributed by atoms with van der Waals surface area (Å²) >= 11 is 3.46. The van der Waals surface area contributed by atoms with E-state index in [2.05, 4.69) is 26.1 Å². The van der Waals surface area contributed by atoms with Crippen molar-refractivity contribution in [2.45, 2.75) is 13.5 Å². The summed E-state index contributed by atoms with van der Waals surface area (Å²) in [5, 5.41) is 8.27. The fourth-order valence-electron chi connectivity index (χ4n) is 1.50. The van der Waals surface area contributed by atoms with E-state index in [4.69, 9.17) is 0 Å². The lowest BCUT2D eigenvalue weighted by molar-refractivity contribution is 0.589. The van der Waals surface area contributed by atoms with Crippen LogP contribution in [0.1, 0.15) is 11.4 Å². The molecular formula is C10H11BrN4O. The van der Waals surface area contributed by atoms with Crippen LogP contribution in [0.3, 0.4) is 0 Å². The van der Waals surface area contributed by atoms with Crippen LogP contribution >= 0.6 is 15.9 Å². The van der Waals surface area contributed by atoms with Crippen molar-refractivity contribution in [1.29, 1.82) is 0 Å². The van der Waals surface area contributed by atoms with Crippen molar-refractivity contribution < 1.29 is 0 Å². The minimum atomic E-state index is -0.117. The molecule has 0 aliphatic carbocycles. The number of halogens is 1. The zero-order valence-electron chi connectivity index (χ0n) is 9.01. The molecule has 16 heavy (non-hydrogen) atoms. The Kier molecular flexibility index (Phi) is 2.91. The second-order valence-corrected chi connectivity index (χ2v) is 4.28. The number of rotatable bonds is 2. The van der Waals surface area contributed by atoms with Gasteiger partial charge in [-0.1, -0.05) is 0 Å². The van der Waals surface area contributed by atoms with Crippen molar-refractivity contribution in [3.8, 4) is 0 Å². The predicted octanol–water partition coefficient (Wildman–Crippen LogP) is 1.10. The fraction of sp³-hybridized carbons (Fsp3) is 0.300. The van der Waals surface area contributed by atoms with Crippen LogP contribution in [-0.4, -0.2) is 19.6 Å². The average molecular weight is 283 g/mol. The smallest absolute Gasteiger partial charge is 0.267 e. The summed E-state index contributed by atoms with van der Waals surface area (Å²) in [6.45, 7) is 2.33. The summed E-state index contributed by atoms with van der Waals surface area (Å²) in [7, 11) is 1.85. The lowest BCUT2D eigenvalue weighted by atomic mass is 10.3. The molecule has 2 heterocycles. The second-order valence-electron chi connectivity index (χ2n) is 3.49. The van der Waals surface area contributed by atoms with E-state index in [0.717, 1.165) is 15.9 Å². The molecule has 0 aromatic carbocycles. The lowest BCUT2D eigenvalue weighted by Gasteiger charge is -2.04. The van der Waals surface area contributed by atoms with E-state index in [1.54, 1.807) is 16.9 Å². The highest BCUT2D eigenvalue weighted by Gasteiger charge is 2.11. The standard InChI is InChI=1S/C10H11BrN4O/c1-7-10(11)8(14(2)13-7)6-15-9(16)4-3-5-12-15/h3-5H,6H2,1-2H3. The first-order chi connectivity index (χ1) is 7.59. The van der Waals surface area contributed by atoms with Gasteiger partial charge in [0.25, 0.3) is 5.56 Å². The van der Waals surface area contributed by atoms with E-state index in [-0.39, 0.29) is 5.56 Å². The normalized spacial score (nSPS) is 10.7. The molecule has 0 radical (unpaired) electrons. The third kappa shape index (κ3) is 1.92. The monoisotopic (exact) mass is 282 g/mol. The van der Waals surface area contributed by atoms with Gasteiger partial charge >= 0.3 is 0 Å². The Morgan fingerprint density at radius 3 is 2.81 bits per heavy atom. The Morgan fingerprint density at radius 1 is 1.50 bits per heavy atom. The molecule has 0 aliphatic heterocycles. The first-order valence-corrected chi connectivity index (χ1v) is 5.59. The molecule has 5 nitrogen and oxygen atoms in total. The van der Waals surface area contributed by atoms with Crippen LogP contribution in [0.5, 0.6) is 0 Å². The van der Waals surface area contributed by atoms with Crippen molar-refractivity contribution >= 4 is 15.9 Å². The zero-order chi connectivity index (χ0) is 11.7. The summed E-state index contributed by atoms with van der Waals surface area (Å²) in [6.07, 6.45) is 1.60. The molecule has 0 unspecified atom stereocenters. The van der Waals surface area contributed by atoms with Crippen LogP contribution in [0.25, 0.3) is 0 Å². The van der Waals surface area contributed by atoms with E-state index in [0.29, 0.717) is 6.54 Å². The Hall–Kier alpha value is -1.43. The largest absolute Gasteiger partial charge is 0.269 e. The van der Waals surface area contributed by atoms with E-state index >= 15 is 0 Å². The van der Waals surface area contributed by atoms with Gasteiger partial charge in [-0.15, -0.1) is 0 Å². The van der Waals surface area contributed by atoms with Crippen LogP contribution in [0, 0.1) is 6.92 Å². The van der Waals surface area contributed by atoms with Gasteiger partial charge < -0.3 is 0 Å². The van der Waals surface area contributed by atoms with Gasteiger partial charge in [-0.2, -0.15) is 10.2 Å². The summed E-state index contributed by atoms with van der Waals surface area (Å²) in [6, 6.07) is 3.12. The number of nitrogens with zero attached hydrogens (tertiary/aromatic N) is 4. The van der Waals surface area contributed by atoms with Gasteiger partial charge in [0.15, 0.2) is 0 Å². The minimum absolute atomic E-state index is 0.117. The maximum absolute atomic E-state index is 11.5. The molecule has 2 aromatic heterocycles. The maximum atomic E-state index is 11.5. The minimum Gasteiger partial charge on any atom is -0.269 e. The van der Waals surface area contributed by atoms with Crippen LogP contribution in [-0.2, 0) is 13.6 Å². The van der Waals surface area contributed by atoms with Gasteiger partial charge in [-0.3, -0.25) is 9.48 Å². The third-order valence-corrected chi connectivity index (χ3v) is 3.38. The van der Waals surface area contributed by atoms with Crippen LogP contribution in [0.15, 0.2) is 27.6 Å². The van der Waals surface area contributed by atoms with E-state index in [1.165, 1.54) is 10.7 Å². The van der Waals surface area contributed by atoms with Gasteiger partial charge in [0.05, 0.1) is 22.4 Å². The quantitative estimate of drug-likeness (QED) is 0.829. The Bertz CT molecular complexity index is 572. The van der Waals surface area contributed by atoms with Crippen molar-refractivity contribution in [3.63, 3.8) is 0 Å². The Labute approximate surface area is 101 Å². The number of aryl methyl sites for hydroxylation is 2. The van der Waals surface area contributed by atoms with Gasteiger partial charge in [-0.25, -0.2) is 4.68 Å². The lowest BCUT2D eigenvalue weighted by Crippen LogP contribution is -2.23. The molecule has 0 bridgehead atoms. The topological polar surface area (TPSA) is 52.7 Å². The van der Waals surface area contributed by atoms with Gasteiger partial charge in [0.2, 0.25) is 0 Å². The van der Waals surface area contributed by atoms with Crippen LogP contribution in [0.4, 0.5) is 0 Å². The summed E-state index contributed by atoms with van der Waals surface area (Å²) < 4.78 is 4.08. The third-order valence-electron chi connectivity index (χ3n) is 2.35. The van der Waals surface area contributed by atoms with Gasteiger partial charge in [-0.05, 0) is 28.9 Å². The highest BCUT2D eigenvalue weighted by molar-refractivity contribution is 9.10. The summed E-state index contributed by atoms with van der Waals surface area (Å²) in [4.78, 5) is 11.5. The molecule has 0 saturated heterocycles. The van der Waals surface area contributed by atoms with Crippen molar-refractivity contribution in [2.75, 3.05) is 0 Å². The van der Waals surface area contributed by atoms with Gasteiger partial charge in [0, 0.05) is 19.3 Å². The van der Waals surface area contributed by atoms with E-state index in [1.807, 2.05) is 14.0 Å². The molecule has 0 fully saturated rings. The number of hydrogen-bond donors (Lipinski definition) is 0. The first kappa shape index (κ1) is 11.1. The molecular weight excluding hydrogens is 272 g/mol. The average Bonchev–Trinajstić information content (AvgIpc) is 2.48. The zero-order valence-corrected chi connectivity index (χ0v) is 10.6. The molecule has 2 aromatic rings. The Morgan fingerprint density at radius 2 is 2.25 bits per heavy atom. The van der Waals surface area contributed by atoms with Crippen molar-refractivity contribution in [1.82, 2.24) is 19.6 Å². The van der Waals surface area contributed by atoms with Crippen molar-refractivity contribution in [2.24, 2.45) is 7.05 Å². The van der Waals surface area contributed by atoms with E-state index < -0.39 is 0 Å². The maximum Gasteiger partial charge on any atom is 0.267 e. The summed E-state index contributed by atoms with van der Waals surface area (Å²) in [5.41, 5.74) is 1.72. The van der Waals surface area contributed by atoms with E-state index in [9.17, 15) is 4.79 Å². The second kappa shape index (κ2) is 4.21. The molecule has 0 N–H and O–H groups in total. The predicted molar refractivity (Wildman–Crippen MR) is 63.2 cm³/mol. The molecule has 0 aliphatic rings. The first-order valence-electron chi connectivity index (χ1n) is 4.79. The number of aromatic nitrogens is 4. The molecule has 6 heteroatoms. The highest BCUT2D eigenvalue weighted by Crippen LogP contribution is 2.20. The fourth-order valence-corrected chi connectivity index (χ4v) is 1.96. The summed E-state index contributed by atoms with van der Waals surface area (Å²) in [5.74, 6) is 0. The van der Waals surface area contributed by atoms with Gasteiger partial charge in [0.1, 0.15) is 0 Å². The molecule has 0 atom stereocenters. The van der Waals surface area contributed by atoms with Crippen LogP contribution < -0.4 is 5.56 Å². The molecule has 2 rings (SSSR count). The number of hydrogen-bond acceptors (Lipinski definition) is 3. The van der Waals surface area contributed by atoms with Crippen molar-refractivity contribution in [3.05, 3.63) is 44.5 Å². The molecule has 0 saturated carbocycles. The SMILES string of the molecule is Cc1nn(C)c(Cn2ncccc2=O)c1Br. The highest BCUT2D eigenvalue weighted by atomic mass is 79.9.